The molecule has 0 aliphatic rings. The van der Waals surface area contributed by atoms with Crippen molar-refractivity contribution in [2.45, 2.75) is 26.4 Å². The van der Waals surface area contributed by atoms with E-state index in [2.05, 4.69) is 10.3 Å². The van der Waals surface area contributed by atoms with Crippen LogP contribution < -0.4 is 5.32 Å². The van der Waals surface area contributed by atoms with Crippen LogP contribution in [0.3, 0.4) is 0 Å². The molecule has 1 heterocycles. The zero-order valence-corrected chi connectivity index (χ0v) is 11.0. The third-order valence-corrected chi connectivity index (χ3v) is 1.96. The average molecular weight is 283 g/mol. The Morgan fingerprint density at radius 2 is 2.05 bits per heavy atom. The molecule has 0 fully saturated rings. The molecule has 9 heteroatoms. The van der Waals surface area contributed by atoms with Crippen LogP contribution in [0.5, 0.6) is 0 Å². The van der Waals surface area contributed by atoms with Crippen molar-refractivity contribution < 1.29 is 24.4 Å². The number of aromatic nitrogens is 1. The minimum absolute atomic E-state index is 0.482. The molecule has 0 atom stereocenters. The number of pyridine rings is 1. The van der Waals surface area contributed by atoms with Crippen molar-refractivity contribution in [2.24, 2.45) is 0 Å². The van der Waals surface area contributed by atoms with E-state index in [0.717, 1.165) is 12.3 Å². The molecule has 0 radical (unpaired) electrons. The van der Waals surface area contributed by atoms with Gasteiger partial charge in [-0.1, -0.05) is 0 Å². The second-order valence-corrected chi connectivity index (χ2v) is 4.74. The molecule has 1 amide bonds. The smallest absolute Gasteiger partial charge is 0.413 e. The first-order chi connectivity index (χ1) is 9.11. The van der Waals surface area contributed by atoms with Crippen molar-refractivity contribution in [2.75, 3.05) is 5.32 Å². The Kier molecular flexibility index (Phi) is 4.23. The van der Waals surface area contributed by atoms with E-state index in [1.807, 2.05) is 0 Å². The van der Waals surface area contributed by atoms with E-state index >= 15 is 0 Å². The number of carboxylic acid groups (broad SMARTS) is 1. The number of nitrogens with zero attached hydrogens (tertiary/aromatic N) is 2. The van der Waals surface area contributed by atoms with Gasteiger partial charge in [-0.15, -0.1) is 0 Å². The quantitative estimate of drug-likeness (QED) is 0.640. The molecule has 0 aromatic carbocycles. The zero-order chi connectivity index (χ0) is 15.5. The van der Waals surface area contributed by atoms with Crippen LogP contribution in [0.25, 0.3) is 0 Å². The van der Waals surface area contributed by atoms with Gasteiger partial charge in [0.15, 0.2) is 0 Å². The first-order valence-electron chi connectivity index (χ1n) is 5.48. The first-order valence-corrected chi connectivity index (χ1v) is 5.48. The molecule has 108 valence electrons. The van der Waals surface area contributed by atoms with Crippen LogP contribution in [-0.4, -0.2) is 32.7 Å². The minimum Gasteiger partial charge on any atom is -0.477 e. The van der Waals surface area contributed by atoms with E-state index in [0.29, 0.717) is 0 Å². The van der Waals surface area contributed by atoms with Crippen LogP contribution in [0.15, 0.2) is 12.3 Å². The summed E-state index contributed by atoms with van der Waals surface area (Å²) in [7, 11) is 0. The minimum atomic E-state index is -1.49. The van der Waals surface area contributed by atoms with Crippen molar-refractivity contribution in [3.05, 3.63) is 27.9 Å². The van der Waals surface area contributed by atoms with Gasteiger partial charge in [-0.05, 0) is 26.8 Å². The van der Waals surface area contributed by atoms with Gasteiger partial charge in [0.25, 0.3) is 0 Å². The maximum Gasteiger partial charge on any atom is 0.413 e. The van der Waals surface area contributed by atoms with Gasteiger partial charge < -0.3 is 9.84 Å². The van der Waals surface area contributed by atoms with Gasteiger partial charge in [-0.25, -0.2) is 14.6 Å². The maximum absolute atomic E-state index is 11.5. The van der Waals surface area contributed by atoms with E-state index in [1.54, 1.807) is 20.8 Å². The third kappa shape index (κ3) is 3.90. The summed E-state index contributed by atoms with van der Waals surface area (Å²) in [6.07, 6.45) is 0.0824. The Bertz CT molecular complexity index is 564. The summed E-state index contributed by atoms with van der Waals surface area (Å²) in [6.45, 7) is 4.84. The van der Waals surface area contributed by atoms with Crippen LogP contribution in [0.4, 0.5) is 16.3 Å². The molecular weight excluding hydrogens is 270 g/mol. The number of rotatable bonds is 3. The number of aromatic carboxylic acids is 1. The van der Waals surface area contributed by atoms with Crippen LogP contribution in [0.2, 0.25) is 0 Å². The molecule has 0 aliphatic heterocycles. The Balaban J connectivity index is 3.13. The van der Waals surface area contributed by atoms with Crippen LogP contribution in [0, 0.1) is 10.1 Å². The lowest BCUT2D eigenvalue weighted by molar-refractivity contribution is -0.384. The average Bonchev–Trinajstić information content (AvgIpc) is 2.25. The van der Waals surface area contributed by atoms with E-state index in [4.69, 9.17) is 9.84 Å². The number of hydrogen-bond donors (Lipinski definition) is 2. The molecule has 1 rings (SSSR count). The summed E-state index contributed by atoms with van der Waals surface area (Å²) in [5.74, 6) is -1.98. The van der Waals surface area contributed by atoms with Crippen molar-refractivity contribution in [1.29, 1.82) is 0 Å². The summed E-state index contributed by atoms with van der Waals surface area (Å²) in [5.41, 5.74) is -2.18. The zero-order valence-electron chi connectivity index (χ0n) is 11.0. The SMILES string of the molecule is CC(C)(C)OC(=O)Nc1nccc(C(=O)O)c1[N+](=O)[O-]. The van der Waals surface area contributed by atoms with Crippen LogP contribution >= 0.6 is 0 Å². The van der Waals surface area contributed by atoms with E-state index in [1.165, 1.54) is 0 Å². The molecule has 9 nitrogen and oxygen atoms in total. The fourth-order valence-electron chi connectivity index (χ4n) is 1.30. The maximum atomic E-state index is 11.5. The second-order valence-electron chi connectivity index (χ2n) is 4.74. The normalized spacial score (nSPS) is 10.8. The molecule has 0 saturated heterocycles. The number of hydrogen-bond acceptors (Lipinski definition) is 6. The van der Waals surface area contributed by atoms with Gasteiger partial charge in [0.2, 0.25) is 5.82 Å². The summed E-state index contributed by atoms with van der Waals surface area (Å²) >= 11 is 0. The molecule has 2 N–H and O–H groups in total. The van der Waals surface area contributed by atoms with Gasteiger partial charge in [0.1, 0.15) is 11.2 Å². The molecule has 0 spiro atoms. The highest BCUT2D eigenvalue weighted by Gasteiger charge is 2.27. The van der Waals surface area contributed by atoms with Crippen LogP contribution in [-0.2, 0) is 4.74 Å². The molecule has 1 aromatic rings. The lowest BCUT2D eigenvalue weighted by atomic mass is 10.2. The molecule has 20 heavy (non-hydrogen) atoms. The Labute approximate surface area is 113 Å². The highest BCUT2D eigenvalue weighted by atomic mass is 16.6. The molecule has 0 bridgehead atoms. The number of anilines is 1. The predicted molar refractivity (Wildman–Crippen MR) is 67.7 cm³/mol. The predicted octanol–water partition coefficient (Wildman–Crippen LogP) is 2.03. The van der Waals surface area contributed by atoms with E-state index in [9.17, 15) is 19.7 Å². The molecule has 0 aliphatic carbocycles. The number of carboxylic acids is 1. The van der Waals surface area contributed by atoms with Crippen LogP contribution in [0.1, 0.15) is 31.1 Å². The lowest BCUT2D eigenvalue weighted by Gasteiger charge is -2.19. The monoisotopic (exact) mass is 283 g/mol. The molecular formula is C11H13N3O6. The number of carbonyl (C=O) groups is 2. The first kappa shape index (κ1) is 15.3. The van der Waals surface area contributed by atoms with Gasteiger partial charge in [0.05, 0.1) is 4.92 Å². The number of nitro groups is 1. The number of carbonyl (C=O) groups excluding carboxylic acids is 1. The topological polar surface area (TPSA) is 132 Å². The van der Waals surface area contributed by atoms with Gasteiger partial charge in [-0.3, -0.25) is 15.4 Å². The molecule has 0 unspecified atom stereocenters. The molecule has 0 saturated carbocycles. The highest BCUT2D eigenvalue weighted by Crippen LogP contribution is 2.26. The number of ether oxygens (including phenoxy) is 1. The van der Waals surface area contributed by atoms with Crippen molar-refractivity contribution in [3.8, 4) is 0 Å². The summed E-state index contributed by atoms with van der Waals surface area (Å²) < 4.78 is 4.92. The Hall–Kier alpha value is -2.71. The number of amides is 1. The fraction of sp³-hybridized carbons (Fsp3) is 0.364. The van der Waals surface area contributed by atoms with E-state index < -0.39 is 39.7 Å². The van der Waals surface area contributed by atoms with Crippen molar-refractivity contribution in [3.63, 3.8) is 0 Å². The Morgan fingerprint density at radius 1 is 1.45 bits per heavy atom. The third-order valence-electron chi connectivity index (χ3n) is 1.96. The Morgan fingerprint density at radius 3 is 2.50 bits per heavy atom. The second kappa shape index (κ2) is 5.51. The molecule has 1 aromatic heterocycles. The van der Waals surface area contributed by atoms with Crippen molar-refractivity contribution in [1.82, 2.24) is 4.98 Å². The van der Waals surface area contributed by atoms with E-state index in [-0.39, 0.29) is 0 Å². The summed E-state index contributed by atoms with van der Waals surface area (Å²) in [6, 6.07) is 0.973. The van der Waals surface area contributed by atoms with Crippen molar-refractivity contribution >= 4 is 23.6 Å². The fourth-order valence-corrected chi connectivity index (χ4v) is 1.30. The number of nitrogens with one attached hydrogen (secondary N) is 1. The largest absolute Gasteiger partial charge is 0.477 e. The van der Waals surface area contributed by atoms with Gasteiger partial charge in [-0.2, -0.15) is 0 Å². The highest BCUT2D eigenvalue weighted by molar-refractivity contribution is 5.97. The summed E-state index contributed by atoms with van der Waals surface area (Å²) in [5, 5.41) is 21.9. The standard InChI is InChI=1S/C11H13N3O6/c1-11(2,3)20-10(17)13-8-7(14(18)19)6(9(15)16)4-5-12-8/h4-5H,1-3H3,(H,15,16)(H,12,13,17). The lowest BCUT2D eigenvalue weighted by Crippen LogP contribution is -2.28. The van der Waals surface area contributed by atoms with Gasteiger partial charge >= 0.3 is 17.7 Å². The van der Waals surface area contributed by atoms with Gasteiger partial charge in [0, 0.05) is 6.20 Å². The summed E-state index contributed by atoms with van der Waals surface area (Å²) in [4.78, 5) is 36.1.